The van der Waals surface area contributed by atoms with E-state index in [1.807, 2.05) is 31.2 Å². The lowest BCUT2D eigenvalue weighted by Crippen LogP contribution is -2.10. The van der Waals surface area contributed by atoms with Crippen LogP contribution < -0.4 is 10.5 Å². The maximum absolute atomic E-state index is 5.80. The highest BCUT2D eigenvalue weighted by atomic mass is 16.5. The Labute approximate surface area is 103 Å². The summed E-state index contributed by atoms with van der Waals surface area (Å²) in [6.45, 7) is 4.25. The van der Waals surface area contributed by atoms with Crippen molar-refractivity contribution in [2.24, 2.45) is 5.73 Å². The van der Waals surface area contributed by atoms with E-state index in [0.29, 0.717) is 26.4 Å². The van der Waals surface area contributed by atoms with Gasteiger partial charge < -0.3 is 19.9 Å². The standard InChI is InChI=1S/C13H21NO3/c1-11(14)12-4-3-5-13(10-12)17-9-8-16-7-6-15-2/h3-5,10-11H,6-9,14H2,1-2H3/t11-/m1/s1. The minimum absolute atomic E-state index is 0.0245. The van der Waals surface area contributed by atoms with Crippen molar-refractivity contribution in [3.8, 4) is 5.75 Å². The van der Waals surface area contributed by atoms with Crippen LogP contribution in [0.4, 0.5) is 0 Å². The maximum Gasteiger partial charge on any atom is 0.119 e. The fourth-order valence-corrected chi connectivity index (χ4v) is 1.35. The molecule has 0 bridgehead atoms. The molecule has 1 aromatic rings. The molecule has 0 unspecified atom stereocenters. The lowest BCUT2D eigenvalue weighted by atomic mass is 10.1. The van der Waals surface area contributed by atoms with Crippen LogP contribution in [0.3, 0.4) is 0 Å². The first-order valence-electron chi connectivity index (χ1n) is 5.79. The van der Waals surface area contributed by atoms with Crippen LogP contribution in [0.5, 0.6) is 5.75 Å². The van der Waals surface area contributed by atoms with Gasteiger partial charge >= 0.3 is 0 Å². The van der Waals surface area contributed by atoms with Crippen LogP contribution in [0.2, 0.25) is 0 Å². The molecule has 1 atom stereocenters. The highest BCUT2D eigenvalue weighted by Crippen LogP contribution is 2.17. The number of hydrogen-bond acceptors (Lipinski definition) is 4. The van der Waals surface area contributed by atoms with Crippen LogP contribution in [0.15, 0.2) is 24.3 Å². The molecule has 0 aliphatic rings. The predicted octanol–water partition coefficient (Wildman–Crippen LogP) is 1.75. The average molecular weight is 239 g/mol. The van der Waals surface area contributed by atoms with E-state index in [4.69, 9.17) is 19.9 Å². The summed E-state index contributed by atoms with van der Waals surface area (Å²) in [5.74, 6) is 0.829. The van der Waals surface area contributed by atoms with Gasteiger partial charge in [-0.05, 0) is 24.6 Å². The van der Waals surface area contributed by atoms with Gasteiger partial charge in [-0.1, -0.05) is 12.1 Å². The minimum atomic E-state index is 0.0245. The quantitative estimate of drug-likeness (QED) is 0.702. The molecule has 0 aromatic heterocycles. The van der Waals surface area contributed by atoms with Crippen LogP contribution >= 0.6 is 0 Å². The number of nitrogens with two attached hydrogens (primary N) is 1. The van der Waals surface area contributed by atoms with Gasteiger partial charge in [-0.25, -0.2) is 0 Å². The molecule has 0 heterocycles. The zero-order chi connectivity index (χ0) is 12.5. The van der Waals surface area contributed by atoms with Gasteiger partial charge in [-0.2, -0.15) is 0 Å². The normalized spacial score (nSPS) is 12.4. The fourth-order valence-electron chi connectivity index (χ4n) is 1.35. The second-order valence-corrected chi connectivity index (χ2v) is 3.81. The summed E-state index contributed by atoms with van der Waals surface area (Å²) < 4.78 is 15.7. The molecule has 96 valence electrons. The largest absolute Gasteiger partial charge is 0.491 e. The van der Waals surface area contributed by atoms with Gasteiger partial charge in [0.05, 0.1) is 19.8 Å². The van der Waals surface area contributed by atoms with E-state index < -0.39 is 0 Å². The van der Waals surface area contributed by atoms with Crippen LogP contribution in [0, 0.1) is 0 Å². The first kappa shape index (κ1) is 14.0. The summed E-state index contributed by atoms with van der Waals surface area (Å²) >= 11 is 0. The second-order valence-electron chi connectivity index (χ2n) is 3.81. The summed E-state index contributed by atoms with van der Waals surface area (Å²) in [5.41, 5.74) is 6.87. The molecule has 0 spiro atoms. The SMILES string of the molecule is COCCOCCOc1cccc([C@@H](C)N)c1. The molecule has 0 amide bonds. The summed E-state index contributed by atoms with van der Waals surface area (Å²) in [4.78, 5) is 0. The molecule has 17 heavy (non-hydrogen) atoms. The van der Waals surface area contributed by atoms with Gasteiger partial charge in [-0.15, -0.1) is 0 Å². The molecule has 1 rings (SSSR count). The highest BCUT2D eigenvalue weighted by Gasteiger charge is 2.00. The van der Waals surface area contributed by atoms with Crippen molar-refractivity contribution >= 4 is 0 Å². The third kappa shape index (κ3) is 5.68. The Kier molecular flexibility index (Phi) is 6.62. The minimum Gasteiger partial charge on any atom is -0.491 e. The summed E-state index contributed by atoms with van der Waals surface area (Å²) in [6.07, 6.45) is 0. The summed E-state index contributed by atoms with van der Waals surface area (Å²) in [5, 5.41) is 0. The molecule has 0 aliphatic carbocycles. The van der Waals surface area contributed by atoms with Crippen molar-refractivity contribution in [3.05, 3.63) is 29.8 Å². The van der Waals surface area contributed by atoms with Crippen LogP contribution in [0.1, 0.15) is 18.5 Å². The number of benzene rings is 1. The van der Waals surface area contributed by atoms with Crippen molar-refractivity contribution < 1.29 is 14.2 Å². The number of rotatable bonds is 8. The Balaban J connectivity index is 2.24. The molecule has 4 nitrogen and oxygen atoms in total. The van der Waals surface area contributed by atoms with E-state index in [-0.39, 0.29) is 6.04 Å². The van der Waals surface area contributed by atoms with Crippen LogP contribution in [-0.2, 0) is 9.47 Å². The number of hydrogen-bond donors (Lipinski definition) is 1. The molecule has 0 aliphatic heterocycles. The van der Waals surface area contributed by atoms with Gasteiger partial charge in [0.15, 0.2) is 0 Å². The molecule has 2 N–H and O–H groups in total. The van der Waals surface area contributed by atoms with Crippen molar-refractivity contribution in [2.75, 3.05) is 33.5 Å². The van der Waals surface area contributed by atoms with Crippen LogP contribution in [0.25, 0.3) is 0 Å². The molecule has 1 aromatic carbocycles. The van der Waals surface area contributed by atoms with Crippen molar-refractivity contribution in [1.29, 1.82) is 0 Å². The topological polar surface area (TPSA) is 53.7 Å². The molecule has 0 saturated heterocycles. The zero-order valence-corrected chi connectivity index (χ0v) is 10.5. The number of methoxy groups -OCH3 is 1. The van der Waals surface area contributed by atoms with Crippen LogP contribution in [-0.4, -0.2) is 33.5 Å². The monoisotopic (exact) mass is 239 g/mol. The lowest BCUT2D eigenvalue weighted by molar-refractivity contribution is 0.0544. The Bertz CT molecular complexity index is 315. The third-order valence-electron chi connectivity index (χ3n) is 2.31. The third-order valence-corrected chi connectivity index (χ3v) is 2.31. The van der Waals surface area contributed by atoms with Gasteiger partial charge in [0.25, 0.3) is 0 Å². The Morgan fingerprint density at radius 3 is 2.65 bits per heavy atom. The van der Waals surface area contributed by atoms with E-state index >= 15 is 0 Å². The van der Waals surface area contributed by atoms with Gasteiger partial charge in [0.2, 0.25) is 0 Å². The van der Waals surface area contributed by atoms with Crippen molar-refractivity contribution in [1.82, 2.24) is 0 Å². The molecular formula is C13H21NO3. The van der Waals surface area contributed by atoms with Crippen molar-refractivity contribution in [3.63, 3.8) is 0 Å². The van der Waals surface area contributed by atoms with E-state index in [1.54, 1.807) is 7.11 Å². The van der Waals surface area contributed by atoms with E-state index in [2.05, 4.69) is 0 Å². The molecule has 4 heteroatoms. The zero-order valence-electron chi connectivity index (χ0n) is 10.5. The molecular weight excluding hydrogens is 218 g/mol. The van der Waals surface area contributed by atoms with Gasteiger partial charge in [0.1, 0.15) is 12.4 Å². The highest BCUT2D eigenvalue weighted by molar-refractivity contribution is 5.30. The Morgan fingerprint density at radius 2 is 1.94 bits per heavy atom. The average Bonchev–Trinajstić information content (AvgIpc) is 2.34. The predicted molar refractivity (Wildman–Crippen MR) is 67.2 cm³/mol. The second kappa shape index (κ2) is 8.06. The van der Waals surface area contributed by atoms with Gasteiger partial charge in [-0.3, -0.25) is 0 Å². The summed E-state index contributed by atoms with van der Waals surface area (Å²) in [7, 11) is 1.65. The fraction of sp³-hybridized carbons (Fsp3) is 0.538. The first-order chi connectivity index (χ1) is 8.24. The Morgan fingerprint density at radius 1 is 1.18 bits per heavy atom. The molecule has 0 saturated carbocycles. The van der Waals surface area contributed by atoms with Crippen molar-refractivity contribution in [2.45, 2.75) is 13.0 Å². The lowest BCUT2D eigenvalue weighted by Gasteiger charge is -2.10. The molecule has 0 radical (unpaired) electrons. The summed E-state index contributed by atoms with van der Waals surface area (Å²) in [6, 6.07) is 7.84. The maximum atomic E-state index is 5.80. The van der Waals surface area contributed by atoms with E-state index in [1.165, 1.54) is 0 Å². The Hall–Kier alpha value is -1.10. The van der Waals surface area contributed by atoms with Gasteiger partial charge in [0, 0.05) is 13.2 Å². The van der Waals surface area contributed by atoms with E-state index in [0.717, 1.165) is 11.3 Å². The number of ether oxygens (including phenoxy) is 3. The molecule has 0 fully saturated rings. The smallest absolute Gasteiger partial charge is 0.119 e. The first-order valence-corrected chi connectivity index (χ1v) is 5.79. The van der Waals surface area contributed by atoms with E-state index in [9.17, 15) is 0 Å².